The zero-order valence-electron chi connectivity index (χ0n) is 9.78. The lowest BCUT2D eigenvalue weighted by molar-refractivity contribution is -0.118. The van der Waals surface area contributed by atoms with Gasteiger partial charge in [-0.1, -0.05) is 13.8 Å². The smallest absolute Gasteiger partial charge is 0.244 e. The largest absolute Gasteiger partial charge is 0.383 e. The van der Waals surface area contributed by atoms with Gasteiger partial charge in [-0.3, -0.25) is 9.89 Å². The summed E-state index contributed by atoms with van der Waals surface area (Å²) < 4.78 is 4.79. The molecular weight excluding hydrogens is 208 g/mol. The number of ether oxygens (including phenoxy) is 1. The number of nitrogens with two attached hydrogens (primary N) is 1. The maximum Gasteiger partial charge on any atom is 0.244 e. The molecule has 1 aromatic heterocycles. The van der Waals surface area contributed by atoms with E-state index in [9.17, 15) is 4.79 Å². The Labute approximate surface area is 94.5 Å². The van der Waals surface area contributed by atoms with Crippen molar-refractivity contribution in [2.45, 2.75) is 25.8 Å². The summed E-state index contributed by atoms with van der Waals surface area (Å²) in [5.74, 6) is 0.523. The number of H-pyrrole nitrogens is 1. The Kier molecular flexibility index (Phi) is 4.45. The number of carbonyl (C=O) groups excluding carboxylic acids is 1. The molecule has 0 saturated carbocycles. The van der Waals surface area contributed by atoms with Gasteiger partial charge in [0, 0.05) is 18.9 Å². The molecule has 16 heavy (non-hydrogen) atoms. The quantitative estimate of drug-likeness (QED) is 0.679. The Morgan fingerprint density at radius 1 is 1.69 bits per heavy atom. The van der Waals surface area contributed by atoms with Crippen molar-refractivity contribution in [1.82, 2.24) is 10.2 Å². The standard InChI is InChI=1S/C10H18N4O2/c1-6(2)8-4-9(14-13-8)12-10(15)7(11)5-16-3/h4,6-7H,5,11H2,1-3H3,(H2,12,13,14,15). The van der Waals surface area contributed by atoms with Crippen molar-refractivity contribution < 1.29 is 9.53 Å². The van der Waals surface area contributed by atoms with Gasteiger partial charge in [0.1, 0.15) is 6.04 Å². The van der Waals surface area contributed by atoms with Crippen molar-refractivity contribution in [3.8, 4) is 0 Å². The lowest BCUT2D eigenvalue weighted by Gasteiger charge is -2.08. The van der Waals surface area contributed by atoms with Gasteiger partial charge in [-0.05, 0) is 5.92 Å². The van der Waals surface area contributed by atoms with Crippen molar-refractivity contribution in [1.29, 1.82) is 0 Å². The number of carbonyl (C=O) groups is 1. The molecule has 4 N–H and O–H groups in total. The molecule has 1 amide bonds. The first kappa shape index (κ1) is 12.7. The van der Waals surface area contributed by atoms with Crippen LogP contribution in [0.15, 0.2) is 6.07 Å². The average Bonchev–Trinajstić information content (AvgIpc) is 2.66. The summed E-state index contributed by atoms with van der Waals surface area (Å²) >= 11 is 0. The van der Waals surface area contributed by atoms with Crippen molar-refractivity contribution in [3.63, 3.8) is 0 Å². The molecule has 0 spiro atoms. The van der Waals surface area contributed by atoms with Crippen LogP contribution in [-0.4, -0.2) is 35.9 Å². The average molecular weight is 226 g/mol. The molecule has 0 fully saturated rings. The van der Waals surface area contributed by atoms with Gasteiger partial charge in [0.15, 0.2) is 5.82 Å². The van der Waals surface area contributed by atoms with Crippen LogP contribution in [0.1, 0.15) is 25.5 Å². The first-order valence-electron chi connectivity index (χ1n) is 5.15. The second-order valence-corrected chi connectivity index (χ2v) is 3.91. The van der Waals surface area contributed by atoms with E-state index in [1.807, 2.05) is 13.8 Å². The first-order valence-corrected chi connectivity index (χ1v) is 5.15. The highest BCUT2D eigenvalue weighted by Crippen LogP contribution is 2.14. The zero-order chi connectivity index (χ0) is 12.1. The molecule has 6 heteroatoms. The van der Waals surface area contributed by atoms with Crippen LogP contribution in [0, 0.1) is 0 Å². The molecule has 0 saturated heterocycles. The minimum atomic E-state index is -0.677. The van der Waals surface area contributed by atoms with Crippen molar-refractivity contribution >= 4 is 11.7 Å². The number of hydrogen-bond acceptors (Lipinski definition) is 4. The van der Waals surface area contributed by atoms with Crippen LogP contribution in [0.4, 0.5) is 5.82 Å². The Hall–Kier alpha value is -1.40. The fraction of sp³-hybridized carbons (Fsp3) is 0.600. The molecule has 0 bridgehead atoms. The van der Waals surface area contributed by atoms with E-state index < -0.39 is 6.04 Å². The number of amides is 1. The monoisotopic (exact) mass is 226 g/mol. The molecule has 1 heterocycles. The first-order chi connectivity index (χ1) is 7.54. The van der Waals surface area contributed by atoms with Gasteiger partial charge in [-0.15, -0.1) is 0 Å². The van der Waals surface area contributed by atoms with E-state index in [1.54, 1.807) is 6.07 Å². The van der Waals surface area contributed by atoms with E-state index in [4.69, 9.17) is 10.5 Å². The molecule has 6 nitrogen and oxygen atoms in total. The highest BCUT2D eigenvalue weighted by molar-refractivity contribution is 5.93. The van der Waals surface area contributed by atoms with Crippen LogP contribution in [0.5, 0.6) is 0 Å². The summed E-state index contributed by atoms with van der Waals surface area (Å²) in [7, 11) is 1.50. The minimum absolute atomic E-state index is 0.188. The van der Waals surface area contributed by atoms with Gasteiger partial charge in [-0.2, -0.15) is 5.10 Å². The van der Waals surface area contributed by atoms with Gasteiger partial charge in [0.2, 0.25) is 5.91 Å². The van der Waals surface area contributed by atoms with E-state index in [2.05, 4.69) is 15.5 Å². The lowest BCUT2D eigenvalue weighted by atomic mass is 10.1. The maximum atomic E-state index is 11.5. The topological polar surface area (TPSA) is 93.0 Å². The Balaban J connectivity index is 2.56. The van der Waals surface area contributed by atoms with Crippen LogP contribution in [-0.2, 0) is 9.53 Å². The minimum Gasteiger partial charge on any atom is -0.383 e. The number of anilines is 1. The molecule has 1 unspecified atom stereocenters. The molecule has 0 aliphatic heterocycles. The molecule has 90 valence electrons. The fourth-order valence-electron chi connectivity index (χ4n) is 1.17. The highest BCUT2D eigenvalue weighted by Gasteiger charge is 2.14. The number of nitrogens with zero attached hydrogens (tertiary/aromatic N) is 1. The Morgan fingerprint density at radius 2 is 2.38 bits per heavy atom. The number of nitrogens with one attached hydrogen (secondary N) is 2. The zero-order valence-corrected chi connectivity index (χ0v) is 9.78. The van der Waals surface area contributed by atoms with E-state index in [-0.39, 0.29) is 12.5 Å². The SMILES string of the molecule is COCC(N)C(=O)Nc1cc(C(C)C)[nH]n1. The number of rotatable bonds is 5. The van der Waals surface area contributed by atoms with Crippen LogP contribution in [0.2, 0.25) is 0 Å². The van der Waals surface area contributed by atoms with Gasteiger partial charge < -0.3 is 15.8 Å². The number of aromatic nitrogens is 2. The van der Waals surface area contributed by atoms with E-state index in [0.29, 0.717) is 11.7 Å². The molecule has 0 aliphatic rings. The number of methoxy groups -OCH3 is 1. The second-order valence-electron chi connectivity index (χ2n) is 3.91. The summed E-state index contributed by atoms with van der Waals surface area (Å²) in [6.45, 7) is 4.26. The lowest BCUT2D eigenvalue weighted by Crippen LogP contribution is -2.39. The van der Waals surface area contributed by atoms with Crippen LogP contribution in [0.25, 0.3) is 0 Å². The molecule has 0 aromatic carbocycles. The van der Waals surface area contributed by atoms with Crippen LogP contribution >= 0.6 is 0 Å². The highest BCUT2D eigenvalue weighted by atomic mass is 16.5. The molecule has 1 atom stereocenters. The molecule has 1 rings (SSSR count). The van der Waals surface area contributed by atoms with E-state index in [1.165, 1.54) is 7.11 Å². The summed E-state index contributed by atoms with van der Waals surface area (Å²) in [4.78, 5) is 11.5. The Bertz CT molecular complexity index is 348. The third kappa shape index (κ3) is 3.32. The summed E-state index contributed by atoms with van der Waals surface area (Å²) in [6.07, 6.45) is 0. The van der Waals surface area contributed by atoms with Gasteiger partial charge in [-0.25, -0.2) is 0 Å². The predicted octanol–water partition coefficient (Wildman–Crippen LogP) is 0.445. The normalized spacial score (nSPS) is 12.8. The second kappa shape index (κ2) is 5.62. The van der Waals surface area contributed by atoms with E-state index >= 15 is 0 Å². The third-order valence-corrected chi connectivity index (χ3v) is 2.15. The van der Waals surface area contributed by atoms with Crippen LogP contribution in [0.3, 0.4) is 0 Å². The van der Waals surface area contributed by atoms with E-state index in [0.717, 1.165) is 5.69 Å². The van der Waals surface area contributed by atoms with Crippen molar-refractivity contribution in [2.75, 3.05) is 19.0 Å². The molecule has 1 aromatic rings. The van der Waals surface area contributed by atoms with Gasteiger partial charge in [0.25, 0.3) is 0 Å². The summed E-state index contributed by atoms with van der Waals surface area (Å²) in [6, 6.07) is 1.12. The molecular formula is C10H18N4O2. The Morgan fingerprint density at radius 3 is 2.88 bits per heavy atom. The van der Waals surface area contributed by atoms with Crippen LogP contribution < -0.4 is 11.1 Å². The van der Waals surface area contributed by atoms with Gasteiger partial charge in [0.05, 0.1) is 6.61 Å². The summed E-state index contributed by atoms with van der Waals surface area (Å²) in [5, 5.41) is 9.43. The fourth-order valence-corrected chi connectivity index (χ4v) is 1.17. The van der Waals surface area contributed by atoms with Crippen molar-refractivity contribution in [2.24, 2.45) is 5.73 Å². The molecule has 0 radical (unpaired) electrons. The number of aromatic amines is 1. The molecule has 0 aliphatic carbocycles. The number of hydrogen-bond donors (Lipinski definition) is 3. The summed E-state index contributed by atoms with van der Waals surface area (Å²) in [5.41, 5.74) is 6.54. The van der Waals surface area contributed by atoms with Gasteiger partial charge >= 0.3 is 0 Å². The van der Waals surface area contributed by atoms with Crippen molar-refractivity contribution in [3.05, 3.63) is 11.8 Å². The predicted molar refractivity (Wildman–Crippen MR) is 61.2 cm³/mol. The third-order valence-electron chi connectivity index (χ3n) is 2.15. The maximum absolute atomic E-state index is 11.5.